The molecule has 2 amide bonds. The normalized spacial score (nSPS) is 19.4. The van der Waals surface area contributed by atoms with Crippen LogP contribution in [0, 0.1) is 16.0 Å². The Kier molecular flexibility index (Phi) is 11.1. The van der Waals surface area contributed by atoms with Crippen LogP contribution in [0.1, 0.15) is 71.3 Å². The molecule has 1 aromatic rings. The monoisotopic (exact) mass is 612 g/mol. The molecule has 1 saturated carbocycles. The van der Waals surface area contributed by atoms with Gasteiger partial charge in [-0.1, -0.05) is 25.3 Å². The summed E-state index contributed by atoms with van der Waals surface area (Å²) in [4.78, 5) is 49.0. The number of nitrogens with two attached hydrogens (primary N) is 1. The summed E-state index contributed by atoms with van der Waals surface area (Å²) >= 11 is 0. The van der Waals surface area contributed by atoms with Gasteiger partial charge in [-0.2, -0.15) is 0 Å². The van der Waals surface area contributed by atoms with Crippen LogP contribution < -0.4 is 15.8 Å². The fraction of sp³-hybridized carbons (Fsp3) is 0.667. The lowest BCUT2D eigenvalue weighted by Gasteiger charge is -2.34. The second-order valence-corrected chi connectivity index (χ2v) is 13.4. The lowest BCUT2D eigenvalue weighted by molar-refractivity contribution is -0.384. The number of rotatable bonds is 12. The number of carbonyl (C=O) groups excluding carboxylic acids is 3. The number of ether oxygens (including phenoxy) is 3. The number of carbonyl (C=O) groups is 3. The van der Waals surface area contributed by atoms with Crippen molar-refractivity contribution in [2.45, 2.75) is 96.0 Å². The van der Waals surface area contributed by atoms with E-state index < -0.39 is 62.1 Å². The highest BCUT2D eigenvalue weighted by atomic mass is 32.2. The van der Waals surface area contributed by atoms with Crippen molar-refractivity contribution >= 4 is 39.4 Å². The van der Waals surface area contributed by atoms with E-state index in [1.807, 2.05) is 0 Å². The van der Waals surface area contributed by atoms with Crippen molar-refractivity contribution in [3.8, 4) is 0 Å². The molecular formula is C27H40N4O10S. The smallest absolute Gasteiger partial charge is 0.408 e. The Bertz CT molecular complexity index is 1250. The molecule has 2 fully saturated rings. The van der Waals surface area contributed by atoms with E-state index in [2.05, 4.69) is 10.0 Å². The van der Waals surface area contributed by atoms with Crippen LogP contribution in [0.2, 0.25) is 0 Å². The molecule has 0 spiro atoms. The van der Waals surface area contributed by atoms with Gasteiger partial charge < -0.3 is 25.3 Å². The quantitative estimate of drug-likeness (QED) is 0.231. The fourth-order valence-electron chi connectivity index (χ4n) is 5.30. The topological polar surface area (TPSA) is 206 Å². The maximum absolute atomic E-state index is 13.5. The second kappa shape index (κ2) is 14.1. The average Bonchev–Trinajstić information content (AvgIpc) is 3.38. The second-order valence-electron chi connectivity index (χ2n) is 11.7. The number of nitrogens with zero attached hydrogens (tertiary/aromatic N) is 1. The van der Waals surface area contributed by atoms with Gasteiger partial charge in [0.15, 0.2) is 5.78 Å². The first-order valence-electron chi connectivity index (χ1n) is 14.0. The molecule has 3 atom stereocenters. The van der Waals surface area contributed by atoms with Gasteiger partial charge >= 0.3 is 12.2 Å². The van der Waals surface area contributed by atoms with Crippen LogP contribution in [0.25, 0.3) is 0 Å². The minimum absolute atomic E-state index is 0.0705. The van der Waals surface area contributed by atoms with E-state index in [-0.39, 0.29) is 17.7 Å². The van der Waals surface area contributed by atoms with E-state index in [0.29, 0.717) is 31.4 Å². The molecule has 0 unspecified atom stereocenters. The highest BCUT2D eigenvalue weighted by molar-refractivity contribution is 7.93. The first-order valence-corrected chi connectivity index (χ1v) is 15.7. The Labute approximate surface area is 245 Å². The molecule has 0 radical (unpaired) electrons. The molecule has 1 saturated heterocycles. The molecule has 1 aliphatic heterocycles. The minimum Gasteiger partial charge on any atom is -0.444 e. The maximum atomic E-state index is 13.5. The van der Waals surface area contributed by atoms with E-state index in [9.17, 15) is 32.9 Å². The number of nitro groups is 1. The summed E-state index contributed by atoms with van der Waals surface area (Å²) in [6.07, 6.45) is 2.26. The zero-order valence-electron chi connectivity index (χ0n) is 24.1. The Balaban J connectivity index is 1.84. The van der Waals surface area contributed by atoms with Gasteiger partial charge in [-0.05, 0) is 70.4 Å². The van der Waals surface area contributed by atoms with Crippen LogP contribution >= 0.6 is 0 Å². The average molecular weight is 613 g/mol. The van der Waals surface area contributed by atoms with Crippen molar-refractivity contribution in [3.05, 3.63) is 33.9 Å². The van der Waals surface area contributed by atoms with Gasteiger partial charge in [-0.15, -0.1) is 0 Å². The largest absolute Gasteiger partial charge is 0.444 e. The van der Waals surface area contributed by atoms with E-state index in [4.69, 9.17) is 19.9 Å². The summed E-state index contributed by atoms with van der Waals surface area (Å²) in [5, 5.41) is 14.2. The first-order chi connectivity index (χ1) is 19.6. The van der Waals surface area contributed by atoms with Crippen LogP contribution in [0.3, 0.4) is 0 Å². The molecule has 14 nitrogen and oxygen atoms in total. The molecule has 1 aliphatic carbocycles. The number of ketones is 1. The Hall–Kier alpha value is -3.46. The summed E-state index contributed by atoms with van der Waals surface area (Å²) in [7, 11) is -4.53. The summed E-state index contributed by atoms with van der Waals surface area (Å²) in [6.45, 7) is 5.44. The number of nitro benzene ring substituents is 1. The number of anilines is 1. The third-order valence-electron chi connectivity index (χ3n) is 7.06. The molecule has 2 aliphatic rings. The van der Waals surface area contributed by atoms with Crippen LogP contribution in [0.4, 0.5) is 21.0 Å². The van der Waals surface area contributed by atoms with E-state index in [1.165, 1.54) is 12.1 Å². The van der Waals surface area contributed by atoms with Gasteiger partial charge in [0.25, 0.3) is 5.69 Å². The summed E-state index contributed by atoms with van der Waals surface area (Å²) in [6, 6.07) is 2.49. The molecular weight excluding hydrogens is 572 g/mol. The van der Waals surface area contributed by atoms with Crippen LogP contribution in [0.5, 0.6) is 0 Å². The number of hydrogen-bond acceptors (Lipinski definition) is 10. The summed E-state index contributed by atoms with van der Waals surface area (Å²) in [5.74, 6) is -2.56. The number of sulfonamides is 1. The Morgan fingerprint density at radius 2 is 1.83 bits per heavy atom. The molecule has 0 aromatic heterocycles. The number of benzene rings is 1. The fourth-order valence-corrected chi connectivity index (χ4v) is 6.44. The SMILES string of the molecule is CC(C)(C)OC(=O)N[C@H](C(=O)CS(=O)(=O)Nc1ccc(C[C@@H]2CCCO2)cc1[N+](=O)[O-])[C@@H](OC(N)=O)C1CCCCC1. The molecule has 234 valence electrons. The lowest BCUT2D eigenvalue weighted by Crippen LogP contribution is -2.56. The first kappa shape index (κ1) is 33.0. The molecule has 1 heterocycles. The van der Waals surface area contributed by atoms with Crippen molar-refractivity contribution in [2.24, 2.45) is 11.7 Å². The van der Waals surface area contributed by atoms with Gasteiger partial charge in [0.2, 0.25) is 10.0 Å². The van der Waals surface area contributed by atoms with Crippen molar-refractivity contribution in [2.75, 3.05) is 17.1 Å². The third kappa shape index (κ3) is 10.1. The molecule has 0 bridgehead atoms. The minimum atomic E-state index is -4.53. The number of Topliss-reactive ketones (excluding diaryl/α,β-unsaturated/α-hetero) is 1. The third-order valence-corrected chi connectivity index (χ3v) is 8.25. The van der Waals surface area contributed by atoms with Crippen molar-refractivity contribution in [1.82, 2.24) is 5.32 Å². The number of hydrogen-bond donors (Lipinski definition) is 3. The Morgan fingerprint density at radius 1 is 1.14 bits per heavy atom. The Morgan fingerprint density at radius 3 is 2.40 bits per heavy atom. The highest BCUT2D eigenvalue weighted by Gasteiger charge is 2.41. The predicted octanol–water partition coefficient (Wildman–Crippen LogP) is 3.56. The van der Waals surface area contributed by atoms with Gasteiger partial charge in [0.1, 0.15) is 29.2 Å². The van der Waals surface area contributed by atoms with Crippen LogP contribution in [0.15, 0.2) is 18.2 Å². The molecule has 42 heavy (non-hydrogen) atoms. The van der Waals surface area contributed by atoms with Crippen molar-refractivity contribution in [3.63, 3.8) is 0 Å². The van der Waals surface area contributed by atoms with E-state index in [0.717, 1.165) is 32.1 Å². The van der Waals surface area contributed by atoms with Gasteiger partial charge in [-0.3, -0.25) is 19.6 Å². The zero-order chi connectivity index (χ0) is 31.1. The van der Waals surface area contributed by atoms with Gasteiger partial charge in [0.05, 0.1) is 11.0 Å². The van der Waals surface area contributed by atoms with Crippen LogP contribution in [-0.4, -0.2) is 67.5 Å². The number of amides is 2. The molecule has 4 N–H and O–H groups in total. The number of alkyl carbamates (subject to hydrolysis) is 1. The van der Waals surface area contributed by atoms with E-state index in [1.54, 1.807) is 26.8 Å². The maximum Gasteiger partial charge on any atom is 0.408 e. The predicted molar refractivity (Wildman–Crippen MR) is 152 cm³/mol. The standard InChI is InChI=1S/C27H40N4O10S/c1-27(2,3)41-26(34)29-23(24(40-25(28)33)18-8-5-4-6-9-18)22(32)16-42(37,38)30-20-12-11-17(15-21(20)31(35)36)14-19-10-7-13-39-19/h11-12,15,18-19,23-24,30H,4-10,13-14,16H2,1-3H3,(H2,28,33)(H,29,34)/t19-,23+,24-/m0/s1. The summed E-state index contributed by atoms with van der Waals surface area (Å²) < 4.78 is 44.5. The van der Waals surface area contributed by atoms with Crippen LogP contribution in [-0.2, 0) is 35.4 Å². The van der Waals surface area contributed by atoms with Crippen molar-refractivity contribution < 1.29 is 41.9 Å². The molecule has 1 aromatic carbocycles. The molecule has 3 rings (SSSR count). The summed E-state index contributed by atoms with van der Waals surface area (Å²) in [5.41, 5.74) is 4.15. The highest BCUT2D eigenvalue weighted by Crippen LogP contribution is 2.31. The number of nitrogens with one attached hydrogen (secondary N) is 2. The lowest BCUT2D eigenvalue weighted by atomic mass is 9.81. The van der Waals surface area contributed by atoms with Gasteiger partial charge in [0, 0.05) is 12.7 Å². The number of primary amides is 1. The van der Waals surface area contributed by atoms with Gasteiger partial charge in [-0.25, -0.2) is 18.0 Å². The zero-order valence-corrected chi connectivity index (χ0v) is 24.9. The molecule has 15 heteroatoms. The van der Waals surface area contributed by atoms with Crippen molar-refractivity contribution in [1.29, 1.82) is 0 Å². The van der Waals surface area contributed by atoms with E-state index >= 15 is 0 Å².